The Morgan fingerprint density at radius 1 is 1.21 bits per heavy atom. The summed E-state index contributed by atoms with van der Waals surface area (Å²) < 4.78 is 10.9. The summed E-state index contributed by atoms with van der Waals surface area (Å²) in [5.74, 6) is -0.852. The molecule has 1 heterocycles. The number of benzene rings is 1. The first-order valence-corrected chi connectivity index (χ1v) is 10.1. The summed E-state index contributed by atoms with van der Waals surface area (Å²) in [4.78, 5) is 32.0. The van der Waals surface area contributed by atoms with E-state index in [4.69, 9.17) is 9.47 Å². The molecule has 10 heteroatoms. The minimum absolute atomic E-state index is 0.0180. The number of amides is 1. The molecule has 1 aromatic heterocycles. The fourth-order valence-corrected chi connectivity index (χ4v) is 3.17. The molecule has 1 amide bonds. The van der Waals surface area contributed by atoms with Crippen LogP contribution in [0.25, 0.3) is 0 Å². The van der Waals surface area contributed by atoms with Crippen molar-refractivity contribution >= 4 is 45.3 Å². The Balaban J connectivity index is 1.86. The molecule has 0 spiro atoms. The summed E-state index contributed by atoms with van der Waals surface area (Å²) >= 11 is 4.73. The normalized spacial score (nSPS) is 10.6. The summed E-state index contributed by atoms with van der Waals surface area (Å²) in [6.45, 7) is 1.80. The van der Waals surface area contributed by atoms with E-state index in [1.54, 1.807) is 13.2 Å². The highest BCUT2D eigenvalue weighted by molar-refractivity contribution is 9.10. The summed E-state index contributed by atoms with van der Waals surface area (Å²) in [6.07, 6.45) is 3.75. The summed E-state index contributed by atoms with van der Waals surface area (Å²) in [5.41, 5.74) is 0.275. The van der Waals surface area contributed by atoms with Crippen molar-refractivity contribution in [3.05, 3.63) is 46.3 Å². The van der Waals surface area contributed by atoms with Crippen molar-refractivity contribution in [3.63, 3.8) is 0 Å². The van der Waals surface area contributed by atoms with E-state index in [0.717, 1.165) is 12.2 Å². The number of rotatable bonds is 11. The molecule has 0 unspecified atom stereocenters. The molecule has 0 atom stereocenters. The van der Waals surface area contributed by atoms with Gasteiger partial charge in [0, 0.05) is 23.9 Å². The lowest BCUT2D eigenvalue weighted by Gasteiger charge is -2.09. The van der Waals surface area contributed by atoms with Crippen LogP contribution in [0.5, 0.6) is 0 Å². The third-order valence-corrected chi connectivity index (χ3v) is 4.93. The molecule has 8 nitrogen and oxygen atoms in total. The van der Waals surface area contributed by atoms with Crippen LogP contribution in [0.3, 0.4) is 0 Å². The zero-order valence-corrected chi connectivity index (χ0v) is 17.6. The van der Waals surface area contributed by atoms with Crippen LogP contribution in [0.2, 0.25) is 0 Å². The second-order valence-corrected chi connectivity index (χ2v) is 7.53. The highest BCUT2D eigenvalue weighted by Crippen LogP contribution is 2.22. The number of halogens is 1. The average Bonchev–Trinajstić information content (AvgIpc) is 2.69. The predicted octanol–water partition coefficient (Wildman–Crippen LogP) is 3.33. The Kier molecular flexibility index (Phi) is 9.35. The van der Waals surface area contributed by atoms with Gasteiger partial charge in [0.25, 0.3) is 5.91 Å². The van der Waals surface area contributed by atoms with E-state index in [1.165, 1.54) is 36.3 Å². The summed E-state index contributed by atoms with van der Waals surface area (Å²) in [7, 11) is 1.63. The van der Waals surface area contributed by atoms with Gasteiger partial charge in [0.2, 0.25) is 0 Å². The topological polar surface area (TPSA) is 111 Å². The molecule has 2 aromatic rings. The monoisotopic (exact) mass is 469 g/mol. The molecular weight excluding hydrogens is 450 g/mol. The quantitative estimate of drug-likeness (QED) is 0.380. The lowest BCUT2D eigenvalue weighted by molar-refractivity contribution is 0.0698. The SMILES string of the molecule is COCCOCCCSc1cnc(C(=O)Nc2ccc(Br)cc2C(=O)O)cn1. The standard InChI is InChI=1S/C18H20BrN3O5S/c1-26-6-7-27-5-2-8-28-16-11-20-15(10-21-16)17(23)22-14-4-3-12(19)9-13(14)18(24)25/h3-4,9-11H,2,5-8H2,1H3,(H,22,23)(H,24,25). The lowest BCUT2D eigenvalue weighted by Crippen LogP contribution is -2.16. The Labute approximate surface area is 175 Å². The van der Waals surface area contributed by atoms with Crippen molar-refractivity contribution in [1.82, 2.24) is 9.97 Å². The first kappa shape index (κ1) is 22.3. The smallest absolute Gasteiger partial charge is 0.337 e. The molecule has 150 valence electrons. The van der Waals surface area contributed by atoms with E-state index >= 15 is 0 Å². The molecule has 1 aromatic carbocycles. The number of hydrogen-bond acceptors (Lipinski definition) is 7. The van der Waals surface area contributed by atoms with Gasteiger partial charge in [-0.05, 0) is 24.6 Å². The van der Waals surface area contributed by atoms with Crippen molar-refractivity contribution in [3.8, 4) is 0 Å². The molecule has 0 saturated carbocycles. The lowest BCUT2D eigenvalue weighted by atomic mass is 10.2. The number of anilines is 1. The van der Waals surface area contributed by atoms with Gasteiger partial charge in [-0.1, -0.05) is 15.9 Å². The fourth-order valence-electron chi connectivity index (χ4n) is 2.08. The summed E-state index contributed by atoms with van der Waals surface area (Å²) in [5, 5.41) is 12.5. The number of aromatic nitrogens is 2. The van der Waals surface area contributed by atoms with Crippen LogP contribution in [0.15, 0.2) is 40.1 Å². The third-order valence-electron chi connectivity index (χ3n) is 3.44. The van der Waals surface area contributed by atoms with E-state index in [-0.39, 0.29) is 16.9 Å². The van der Waals surface area contributed by atoms with E-state index in [0.29, 0.717) is 29.3 Å². The second-order valence-electron chi connectivity index (χ2n) is 5.50. The van der Waals surface area contributed by atoms with E-state index in [1.807, 2.05) is 0 Å². The third kappa shape index (κ3) is 7.19. The molecule has 0 radical (unpaired) electrons. The molecule has 0 aliphatic heterocycles. The maximum atomic E-state index is 12.3. The number of carboxylic acids is 1. The minimum Gasteiger partial charge on any atom is -0.478 e. The second kappa shape index (κ2) is 11.7. The van der Waals surface area contributed by atoms with Crippen LogP contribution < -0.4 is 5.32 Å². The molecule has 0 bridgehead atoms. The largest absolute Gasteiger partial charge is 0.478 e. The molecule has 0 fully saturated rings. The first-order chi connectivity index (χ1) is 13.5. The average molecular weight is 470 g/mol. The number of carboxylic acid groups (broad SMARTS) is 1. The van der Waals surface area contributed by atoms with E-state index in [2.05, 4.69) is 31.2 Å². The van der Waals surface area contributed by atoms with Crippen LogP contribution in [0.4, 0.5) is 5.69 Å². The van der Waals surface area contributed by atoms with Gasteiger partial charge in [-0.2, -0.15) is 0 Å². The van der Waals surface area contributed by atoms with Crippen LogP contribution in [0, 0.1) is 0 Å². The zero-order chi connectivity index (χ0) is 20.4. The number of hydrogen-bond donors (Lipinski definition) is 2. The zero-order valence-electron chi connectivity index (χ0n) is 15.2. The van der Waals surface area contributed by atoms with Gasteiger partial charge in [0.15, 0.2) is 0 Å². The number of ether oxygens (including phenoxy) is 2. The van der Waals surface area contributed by atoms with Crippen molar-refractivity contribution in [2.45, 2.75) is 11.4 Å². The van der Waals surface area contributed by atoms with Crippen molar-refractivity contribution in [2.24, 2.45) is 0 Å². The Morgan fingerprint density at radius 3 is 2.71 bits per heavy atom. The number of carbonyl (C=O) groups is 2. The van der Waals surface area contributed by atoms with Gasteiger partial charge in [-0.25, -0.2) is 14.8 Å². The van der Waals surface area contributed by atoms with Crippen LogP contribution in [-0.2, 0) is 9.47 Å². The molecule has 0 aliphatic rings. The number of methoxy groups -OCH3 is 1. The Morgan fingerprint density at radius 2 is 2.04 bits per heavy atom. The van der Waals surface area contributed by atoms with Gasteiger partial charge in [0.05, 0.1) is 36.9 Å². The van der Waals surface area contributed by atoms with Crippen LogP contribution >= 0.6 is 27.7 Å². The number of thioether (sulfide) groups is 1. The van der Waals surface area contributed by atoms with Crippen molar-refractivity contribution in [2.75, 3.05) is 38.0 Å². The number of carbonyl (C=O) groups excluding carboxylic acids is 1. The fraction of sp³-hybridized carbons (Fsp3) is 0.333. The maximum absolute atomic E-state index is 12.3. The highest BCUT2D eigenvalue weighted by Gasteiger charge is 2.15. The van der Waals surface area contributed by atoms with Crippen LogP contribution in [-0.4, -0.2) is 59.6 Å². The van der Waals surface area contributed by atoms with Gasteiger partial charge >= 0.3 is 5.97 Å². The number of nitrogens with zero attached hydrogens (tertiary/aromatic N) is 2. The Bertz CT molecular complexity index is 804. The van der Waals surface area contributed by atoms with E-state index < -0.39 is 11.9 Å². The molecular formula is C18H20BrN3O5S. The maximum Gasteiger partial charge on any atom is 0.337 e. The predicted molar refractivity (Wildman–Crippen MR) is 109 cm³/mol. The van der Waals surface area contributed by atoms with Crippen molar-refractivity contribution in [1.29, 1.82) is 0 Å². The number of aromatic carboxylic acids is 1. The van der Waals surface area contributed by atoms with Gasteiger partial charge in [0.1, 0.15) is 10.7 Å². The number of nitrogens with one attached hydrogen (secondary N) is 1. The molecule has 0 saturated heterocycles. The van der Waals surface area contributed by atoms with Gasteiger partial charge in [-0.3, -0.25) is 4.79 Å². The Hall–Kier alpha value is -2.01. The molecule has 2 rings (SSSR count). The van der Waals surface area contributed by atoms with Gasteiger partial charge < -0.3 is 19.9 Å². The van der Waals surface area contributed by atoms with E-state index in [9.17, 15) is 14.7 Å². The highest BCUT2D eigenvalue weighted by atomic mass is 79.9. The first-order valence-electron chi connectivity index (χ1n) is 8.37. The minimum atomic E-state index is -1.14. The van der Waals surface area contributed by atoms with Gasteiger partial charge in [-0.15, -0.1) is 11.8 Å². The molecule has 2 N–H and O–H groups in total. The summed E-state index contributed by atoms with van der Waals surface area (Å²) in [6, 6.07) is 4.58. The van der Waals surface area contributed by atoms with Crippen LogP contribution in [0.1, 0.15) is 27.3 Å². The molecule has 28 heavy (non-hydrogen) atoms. The van der Waals surface area contributed by atoms with Crippen molar-refractivity contribution < 1.29 is 24.2 Å². The molecule has 0 aliphatic carbocycles.